The van der Waals surface area contributed by atoms with Crippen molar-refractivity contribution < 1.29 is 53.3 Å². The Morgan fingerprint density at radius 3 is 1.70 bits per heavy atom. The Labute approximate surface area is 209 Å². The van der Waals surface area contributed by atoms with Crippen LogP contribution in [0.2, 0.25) is 0 Å². The summed E-state index contributed by atoms with van der Waals surface area (Å²) < 4.78 is 116. The van der Waals surface area contributed by atoms with E-state index in [-0.39, 0.29) is 31.1 Å². The van der Waals surface area contributed by atoms with E-state index in [0.717, 1.165) is 24.3 Å². The van der Waals surface area contributed by atoms with Crippen molar-refractivity contribution in [3.8, 4) is 11.5 Å². The number of rotatable bonds is 13. The minimum absolute atomic E-state index is 0.100. The molecule has 0 heterocycles. The molecule has 204 valence electrons. The predicted octanol–water partition coefficient (Wildman–Crippen LogP) is 5.69. The second-order valence-corrected chi connectivity index (χ2v) is 9.23. The Morgan fingerprint density at radius 2 is 1.27 bits per heavy atom. The molecule has 14 heteroatoms. The van der Waals surface area contributed by atoms with Gasteiger partial charge < -0.3 is 9.47 Å². The van der Waals surface area contributed by atoms with Gasteiger partial charge >= 0.3 is 22.5 Å². The van der Waals surface area contributed by atoms with Gasteiger partial charge in [0.05, 0.1) is 19.0 Å². The number of unbranched alkanes of at least 4 members (excludes halogenated alkanes) is 1. The zero-order valence-corrected chi connectivity index (χ0v) is 20.3. The minimum Gasteiger partial charge on any atom is -0.493 e. The van der Waals surface area contributed by atoms with Gasteiger partial charge in [0.15, 0.2) is 5.71 Å². The molecule has 37 heavy (non-hydrogen) atoms. The summed E-state index contributed by atoms with van der Waals surface area (Å²) in [5.41, 5.74) is -2.47. The largest absolute Gasteiger partial charge is 0.493 e. The van der Waals surface area contributed by atoms with Crippen molar-refractivity contribution in [2.45, 2.75) is 38.5 Å². The average Bonchev–Trinajstić information content (AvgIpc) is 2.82. The van der Waals surface area contributed by atoms with Crippen LogP contribution in [0.25, 0.3) is 0 Å². The van der Waals surface area contributed by atoms with Crippen LogP contribution in [0.3, 0.4) is 0 Å². The van der Waals surface area contributed by atoms with E-state index in [0.29, 0.717) is 12.8 Å². The highest BCUT2D eigenvalue weighted by Gasteiger charge is 2.39. The Hall–Kier alpha value is -3.29. The lowest BCUT2D eigenvalue weighted by Crippen LogP contribution is -2.25. The van der Waals surface area contributed by atoms with Crippen molar-refractivity contribution in [2.24, 2.45) is 5.16 Å². The van der Waals surface area contributed by atoms with Crippen LogP contribution in [0.4, 0.5) is 26.3 Å². The average molecular weight is 555 g/mol. The lowest BCUT2D eigenvalue weighted by Gasteiger charge is -2.12. The molecule has 0 amide bonds. The molecular weight excluding hydrogens is 532 g/mol. The fourth-order valence-corrected chi connectivity index (χ4v) is 3.64. The molecule has 0 fully saturated rings. The van der Waals surface area contributed by atoms with Gasteiger partial charge in [0, 0.05) is 17.5 Å². The second-order valence-electron chi connectivity index (χ2n) is 7.55. The van der Waals surface area contributed by atoms with Gasteiger partial charge in [-0.25, -0.2) is 0 Å². The molecule has 0 aliphatic rings. The van der Waals surface area contributed by atoms with E-state index in [2.05, 4.69) is 9.44 Å². The number of nitrogens with zero attached hydrogens (tertiary/aromatic N) is 1. The molecule has 2 rings (SSSR count). The molecule has 0 saturated heterocycles. The van der Waals surface area contributed by atoms with E-state index >= 15 is 0 Å². The van der Waals surface area contributed by atoms with Crippen LogP contribution in [0.15, 0.2) is 53.7 Å². The predicted molar refractivity (Wildman–Crippen MR) is 121 cm³/mol. The number of Topliss-reactive ketones (excluding diaryl/α,β-unsaturated/α-hetero) is 1. The van der Waals surface area contributed by atoms with Gasteiger partial charge in [0.1, 0.15) is 11.5 Å². The molecule has 2 aromatic rings. The second kappa shape index (κ2) is 12.8. The summed E-state index contributed by atoms with van der Waals surface area (Å²) in [6.07, 6.45) is -8.90. The van der Waals surface area contributed by atoms with Gasteiger partial charge in [-0.1, -0.05) is 18.5 Å². The topological polar surface area (TPSA) is 91.3 Å². The Kier molecular flexibility index (Phi) is 10.3. The number of halogens is 6. The number of carbonyl (C=O) groups excluding carboxylic acids is 1. The highest BCUT2D eigenvalue weighted by Crippen LogP contribution is 2.25. The van der Waals surface area contributed by atoms with E-state index in [9.17, 15) is 39.6 Å². The summed E-state index contributed by atoms with van der Waals surface area (Å²) in [6, 6.07) is 8.99. The third-order valence-corrected chi connectivity index (χ3v) is 5.68. The van der Waals surface area contributed by atoms with Crippen LogP contribution in [0, 0.1) is 0 Å². The number of alkyl halides is 6. The number of hydrogen-bond acceptors (Lipinski definition) is 7. The van der Waals surface area contributed by atoms with Gasteiger partial charge in [-0.05, 0) is 55.0 Å². The summed E-state index contributed by atoms with van der Waals surface area (Å²) >= 11 is 0. The number of carbonyl (C=O) groups is 1. The van der Waals surface area contributed by atoms with Crippen molar-refractivity contribution in [1.82, 2.24) is 0 Å². The van der Waals surface area contributed by atoms with E-state index in [1.54, 1.807) is 6.92 Å². The van der Waals surface area contributed by atoms with Gasteiger partial charge in [0.2, 0.25) is 0 Å². The lowest BCUT2D eigenvalue weighted by atomic mass is 10.1. The number of ether oxygens (including phenoxy) is 2. The summed E-state index contributed by atoms with van der Waals surface area (Å²) in [5.74, 6) is -1.97. The van der Waals surface area contributed by atoms with E-state index in [1.165, 1.54) is 24.3 Å². The smallest absolute Gasteiger partial charge is 0.454 e. The third-order valence-electron chi connectivity index (χ3n) is 4.59. The summed E-state index contributed by atoms with van der Waals surface area (Å²) in [6.45, 7) is 1.92. The fraction of sp³-hybridized carbons (Fsp3) is 0.391. The van der Waals surface area contributed by atoms with Crippen molar-refractivity contribution in [3.63, 3.8) is 0 Å². The first-order chi connectivity index (χ1) is 17.2. The van der Waals surface area contributed by atoms with Crippen molar-refractivity contribution in [1.29, 1.82) is 0 Å². The number of ketones is 1. The Bertz CT molecular complexity index is 1160. The van der Waals surface area contributed by atoms with Gasteiger partial charge in [-0.3, -0.25) is 9.08 Å². The quantitative estimate of drug-likeness (QED) is 0.104. The monoisotopic (exact) mass is 555 g/mol. The zero-order valence-electron chi connectivity index (χ0n) is 19.4. The van der Waals surface area contributed by atoms with Crippen LogP contribution in [0.5, 0.6) is 11.5 Å². The number of benzene rings is 2. The fourth-order valence-electron chi connectivity index (χ4n) is 2.73. The summed E-state index contributed by atoms with van der Waals surface area (Å²) in [5, 5.41) is 2.83. The molecular formula is C23H23F6NO6S. The van der Waals surface area contributed by atoms with E-state index in [4.69, 9.17) is 9.47 Å². The number of hydrogen-bond donors (Lipinski definition) is 0. The maximum Gasteiger partial charge on any atom is 0.454 e. The molecule has 0 atom stereocenters. The SMILES string of the molecule is CCCCS(=O)(=O)ON=C(c1ccc(OCCCOc2ccc(C(=O)C(F)(F)F)cc2)cc1)C(F)(F)F. The molecule has 0 aliphatic carbocycles. The van der Waals surface area contributed by atoms with Crippen LogP contribution in [-0.2, 0) is 14.4 Å². The van der Waals surface area contributed by atoms with Crippen LogP contribution in [-0.4, -0.2) is 51.2 Å². The zero-order chi connectivity index (χ0) is 27.7. The Morgan fingerprint density at radius 1 is 0.784 bits per heavy atom. The van der Waals surface area contributed by atoms with Gasteiger partial charge in [-0.15, -0.1) is 0 Å². The molecule has 0 saturated carbocycles. The Balaban J connectivity index is 1.88. The molecule has 0 aliphatic heterocycles. The first-order valence-corrected chi connectivity index (χ1v) is 12.4. The van der Waals surface area contributed by atoms with Gasteiger partial charge in [0.25, 0.3) is 5.78 Å². The van der Waals surface area contributed by atoms with Crippen molar-refractivity contribution in [2.75, 3.05) is 19.0 Å². The normalized spacial score (nSPS) is 12.8. The molecule has 0 radical (unpaired) electrons. The first kappa shape index (κ1) is 29.9. The molecule has 0 spiro atoms. The van der Waals surface area contributed by atoms with Crippen LogP contribution >= 0.6 is 0 Å². The number of oxime groups is 1. The highest BCUT2D eigenvalue weighted by atomic mass is 32.2. The summed E-state index contributed by atoms with van der Waals surface area (Å²) in [7, 11) is -4.25. The minimum atomic E-state index is -4.97. The van der Waals surface area contributed by atoms with Crippen LogP contribution in [0.1, 0.15) is 42.1 Å². The van der Waals surface area contributed by atoms with E-state index < -0.39 is 50.8 Å². The molecule has 0 aromatic heterocycles. The van der Waals surface area contributed by atoms with Crippen molar-refractivity contribution in [3.05, 3.63) is 59.7 Å². The maximum absolute atomic E-state index is 13.4. The molecule has 7 nitrogen and oxygen atoms in total. The first-order valence-electron chi connectivity index (χ1n) is 10.9. The van der Waals surface area contributed by atoms with Crippen LogP contribution < -0.4 is 9.47 Å². The molecule has 0 bridgehead atoms. The lowest BCUT2D eigenvalue weighted by molar-refractivity contribution is -0.0885. The molecule has 2 aromatic carbocycles. The van der Waals surface area contributed by atoms with Crippen molar-refractivity contribution >= 4 is 21.6 Å². The van der Waals surface area contributed by atoms with E-state index in [1.807, 2.05) is 0 Å². The maximum atomic E-state index is 13.4. The summed E-state index contributed by atoms with van der Waals surface area (Å²) in [4.78, 5) is 11.2. The highest BCUT2D eigenvalue weighted by molar-refractivity contribution is 7.86. The molecule has 0 unspecified atom stereocenters. The molecule has 0 N–H and O–H groups in total. The standard InChI is InChI=1S/C23H23F6NO6S/c1-2-3-15-37(32,33)36-30-20(22(24,25)26)16-5-9-18(10-6-16)34-13-4-14-35-19-11-7-17(8-12-19)21(31)23(27,28)29/h5-12H,2-4,13-15H2,1H3. The third kappa shape index (κ3) is 9.94. The van der Waals surface area contributed by atoms with Gasteiger partial charge in [-0.2, -0.15) is 34.8 Å².